The molecule has 0 spiro atoms. The molecule has 1 aliphatic carbocycles. The number of rotatable bonds is 7. The topological polar surface area (TPSA) is 71.7 Å². The van der Waals surface area contributed by atoms with Gasteiger partial charge in [0.05, 0.1) is 0 Å². The number of nitrogens with one attached hydrogen (secondary N) is 2. The Kier molecular flexibility index (Phi) is 8.58. The molecule has 0 aromatic heterocycles. The second-order valence-corrected chi connectivity index (χ2v) is 5.13. The number of hydrazine groups is 1. The molecule has 0 aliphatic heterocycles. The minimum Gasteiger partial charge on any atom is -0.382 e. The Morgan fingerprint density at radius 2 is 2.11 bits per heavy atom. The van der Waals surface area contributed by atoms with Gasteiger partial charge >= 0.3 is 0 Å². The van der Waals surface area contributed by atoms with Crippen LogP contribution in [0.3, 0.4) is 0 Å². The SMILES string of the molecule is CCOCCCN=C(NN)NC1CCCCC1CC. The van der Waals surface area contributed by atoms with Crippen LogP contribution in [0.4, 0.5) is 0 Å². The minimum absolute atomic E-state index is 0.514. The predicted octanol–water partition coefficient (Wildman–Crippen LogP) is 1.79. The van der Waals surface area contributed by atoms with E-state index in [1.807, 2.05) is 6.92 Å². The number of hydrogen-bond acceptors (Lipinski definition) is 3. The first-order valence-electron chi connectivity index (χ1n) is 7.67. The van der Waals surface area contributed by atoms with Crippen LogP contribution in [0.2, 0.25) is 0 Å². The third-order valence-corrected chi connectivity index (χ3v) is 3.81. The first-order chi connectivity index (χ1) is 9.31. The molecule has 5 nitrogen and oxygen atoms in total. The van der Waals surface area contributed by atoms with Gasteiger partial charge in [-0.15, -0.1) is 0 Å². The highest BCUT2D eigenvalue weighted by atomic mass is 16.5. The first kappa shape index (κ1) is 16.2. The molecule has 0 amide bonds. The van der Waals surface area contributed by atoms with Gasteiger partial charge in [-0.1, -0.05) is 26.2 Å². The fourth-order valence-electron chi connectivity index (χ4n) is 2.70. The van der Waals surface area contributed by atoms with Crippen molar-refractivity contribution in [2.24, 2.45) is 16.8 Å². The van der Waals surface area contributed by atoms with Gasteiger partial charge in [0.2, 0.25) is 5.96 Å². The summed E-state index contributed by atoms with van der Waals surface area (Å²) in [5, 5.41) is 3.47. The molecule has 0 saturated heterocycles. The van der Waals surface area contributed by atoms with Gasteiger partial charge in [0.15, 0.2) is 0 Å². The van der Waals surface area contributed by atoms with E-state index in [1.165, 1.54) is 32.1 Å². The van der Waals surface area contributed by atoms with Gasteiger partial charge in [-0.25, -0.2) is 5.84 Å². The van der Waals surface area contributed by atoms with E-state index < -0.39 is 0 Å². The number of hydrogen-bond donors (Lipinski definition) is 3. The molecule has 1 aliphatic rings. The lowest BCUT2D eigenvalue weighted by Crippen LogP contribution is -2.49. The van der Waals surface area contributed by atoms with Crippen LogP contribution in [0.15, 0.2) is 4.99 Å². The molecule has 1 saturated carbocycles. The van der Waals surface area contributed by atoms with Crippen molar-refractivity contribution in [1.82, 2.24) is 10.7 Å². The fraction of sp³-hybridized carbons (Fsp3) is 0.929. The zero-order valence-corrected chi connectivity index (χ0v) is 12.5. The van der Waals surface area contributed by atoms with E-state index in [0.717, 1.165) is 38.1 Å². The number of aliphatic imine (C=N–C) groups is 1. The van der Waals surface area contributed by atoms with Crippen LogP contribution in [-0.2, 0) is 4.74 Å². The van der Waals surface area contributed by atoms with Gasteiger partial charge in [0.25, 0.3) is 0 Å². The van der Waals surface area contributed by atoms with Crippen molar-refractivity contribution in [2.75, 3.05) is 19.8 Å². The van der Waals surface area contributed by atoms with E-state index in [9.17, 15) is 0 Å². The maximum absolute atomic E-state index is 5.54. The van der Waals surface area contributed by atoms with Crippen LogP contribution < -0.4 is 16.6 Å². The summed E-state index contributed by atoms with van der Waals surface area (Å²) in [6, 6.07) is 0.514. The molecule has 1 rings (SSSR count). The molecule has 112 valence electrons. The minimum atomic E-state index is 0.514. The molecular weight excluding hydrogens is 240 g/mol. The van der Waals surface area contributed by atoms with Crippen LogP contribution >= 0.6 is 0 Å². The standard InChI is InChI=1S/C14H30N4O/c1-3-12-8-5-6-9-13(12)17-14(18-15)16-10-7-11-19-4-2/h12-13H,3-11,15H2,1-2H3,(H2,16,17,18). The fourth-order valence-corrected chi connectivity index (χ4v) is 2.70. The van der Waals surface area contributed by atoms with Gasteiger partial charge in [-0.05, 0) is 32.1 Å². The van der Waals surface area contributed by atoms with Crippen LogP contribution in [0, 0.1) is 5.92 Å². The van der Waals surface area contributed by atoms with E-state index in [1.54, 1.807) is 0 Å². The highest BCUT2D eigenvalue weighted by molar-refractivity contribution is 5.79. The van der Waals surface area contributed by atoms with E-state index in [4.69, 9.17) is 10.6 Å². The molecule has 4 N–H and O–H groups in total. The molecule has 1 fully saturated rings. The summed E-state index contributed by atoms with van der Waals surface area (Å²) >= 11 is 0. The largest absolute Gasteiger partial charge is 0.382 e. The molecule has 0 radical (unpaired) electrons. The quantitative estimate of drug-likeness (QED) is 0.217. The average molecular weight is 270 g/mol. The molecular formula is C14H30N4O. The molecule has 2 atom stereocenters. The van der Waals surface area contributed by atoms with Gasteiger partial charge in [0.1, 0.15) is 0 Å². The molecule has 5 heteroatoms. The number of nitrogens with zero attached hydrogens (tertiary/aromatic N) is 1. The Morgan fingerprint density at radius 1 is 1.32 bits per heavy atom. The Labute approximate surface area is 117 Å². The lowest BCUT2D eigenvalue weighted by atomic mass is 9.83. The lowest BCUT2D eigenvalue weighted by Gasteiger charge is -2.32. The normalized spacial score (nSPS) is 24.3. The van der Waals surface area contributed by atoms with Crippen molar-refractivity contribution in [3.63, 3.8) is 0 Å². The summed E-state index contributed by atoms with van der Waals surface area (Å²) in [5.74, 6) is 7.01. The second-order valence-electron chi connectivity index (χ2n) is 5.13. The Morgan fingerprint density at radius 3 is 2.79 bits per heavy atom. The van der Waals surface area contributed by atoms with Crippen molar-refractivity contribution < 1.29 is 4.74 Å². The third kappa shape index (κ3) is 6.25. The summed E-state index contributed by atoms with van der Waals surface area (Å²) in [5.41, 5.74) is 2.68. The predicted molar refractivity (Wildman–Crippen MR) is 79.9 cm³/mol. The van der Waals surface area contributed by atoms with Gasteiger partial charge in [-0.2, -0.15) is 0 Å². The Bertz CT molecular complexity index is 258. The van der Waals surface area contributed by atoms with Crippen LogP contribution in [-0.4, -0.2) is 31.8 Å². The molecule has 19 heavy (non-hydrogen) atoms. The van der Waals surface area contributed by atoms with Crippen molar-refractivity contribution in [1.29, 1.82) is 0 Å². The van der Waals surface area contributed by atoms with E-state index in [0.29, 0.717) is 6.04 Å². The number of nitrogens with two attached hydrogens (primary N) is 1. The zero-order valence-electron chi connectivity index (χ0n) is 12.5. The van der Waals surface area contributed by atoms with Crippen molar-refractivity contribution in [2.45, 2.75) is 58.4 Å². The maximum Gasteiger partial charge on any atom is 0.205 e. The smallest absolute Gasteiger partial charge is 0.205 e. The van der Waals surface area contributed by atoms with Gasteiger partial charge in [0, 0.05) is 25.8 Å². The molecule has 0 aromatic rings. The lowest BCUT2D eigenvalue weighted by molar-refractivity contribution is 0.146. The van der Waals surface area contributed by atoms with E-state index in [-0.39, 0.29) is 0 Å². The van der Waals surface area contributed by atoms with Crippen LogP contribution in [0.1, 0.15) is 52.4 Å². The Balaban J connectivity index is 2.34. The number of ether oxygens (including phenoxy) is 1. The van der Waals surface area contributed by atoms with Crippen molar-refractivity contribution >= 4 is 5.96 Å². The summed E-state index contributed by atoms with van der Waals surface area (Å²) in [7, 11) is 0. The van der Waals surface area contributed by atoms with Gasteiger partial charge < -0.3 is 10.1 Å². The second kappa shape index (κ2) is 10.0. The average Bonchev–Trinajstić information content (AvgIpc) is 2.46. The monoisotopic (exact) mass is 270 g/mol. The zero-order chi connectivity index (χ0) is 13.9. The first-order valence-corrected chi connectivity index (χ1v) is 7.67. The van der Waals surface area contributed by atoms with Crippen molar-refractivity contribution in [3.8, 4) is 0 Å². The highest BCUT2D eigenvalue weighted by Crippen LogP contribution is 2.26. The summed E-state index contributed by atoms with van der Waals surface area (Å²) in [6.45, 7) is 6.55. The number of guanidine groups is 1. The van der Waals surface area contributed by atoms with E-state index >= 15 is 0 Å². The molecule has 0 aromatic carbocycles. The Hall–Kier alpha value is -0.810. The summed E-state index contributed by atoms with van der Waals surface area (Å²) in [6.07, 6.45) is 7.35. The highest BCUT2D eigenvalue weighted by Gasteiger charge is 2.24. The molecule has 0 heterocycles. The summed E-state index contributed by atoms with van der Waals surface area (Å²) in [4.78, 5) is 4.47. The maximum atomic E-state index is 5.54. The third-order valence-electron chi connectivity index (χ3n) is 3.81. The van der Waals surface area contributed by atoms with Crippen LogP contribution in [0.25, 0.3) is 0 Å². The van der Waals surface area contributed by atoms with Crippen molar-refractivity contribution in [3.05, 3.63) is 0 Å². The van der Waals surface area contributed by atoms with Gasteiger partial charge in [-0.3, -0.25) is 10.4 Å². The van der Waals surface area contributed by atoms with Crippen LogP contribution in [0.5, 0.6) is 0 Å². The van der Waals surface area contributed by atoms with E-state index in [2.05, 4.69) is 22.7 Å². The molecule has 2 unspecified atom stereocenters. The molecule has 0 bridgehead atoms. The summed E-state index contributed by atoms with van der Waals surface area (Å²) < 4.78 is 5.29.